The second-order valence-electron chi connectivity index (χ2n) is 20.7. The van der Waals surface area contributed by atoms with Crippen LogP contribution in [0.5, 0.6) is 0 Å². The van der Waals surface area contributed by atoms with Crippen LogP contribution in [0.3, 0.4) is 0 Å². The number of hydrogen-bond acceptors (Lipinski definition) is 1. The van der Waals surface area contributed by atoms with E-state index < -0.39 is 5.41 Å². The van der Waals surface area contributed by atoms with Crippen molar-refractivity contribution in [2.45, 2.75) is 5.41 Å². The quantitative estimate of drug-likeness (QED) is 0.133. The summed E-state index contributed by atoms with van der Waals surface area (Å²) in [4.78, 5) is 2.47. The average molecular weight is 1010 g/mol. The molecule has 13 aromatic carbocycles. The molecule has 0 radical (unpaired) electrons. The minimum absolute atomic E-state index is 0.488. The van der Waals surface area contributed by atoms with Crippen LogP contribution < -0.4 is 4.90 Å². The van der Waals surface area contributed by atoms with Gasteiger partial charge in [0.15, 0.2) is 0 Å². The molecular weight excluding hydrogens is 953 g/mol. The van der Waals surface area contributed by atoms with E-state index in [4.69, 9.17) is 0 Å². The van der Waals surface area contributed by atoms with Crippen molar-refractivity contribution >= 4 is 49.6 Å². The third-order valence-electron chi connectivity index (χ3n) is 16.5. The Hall–Kier alpha value is -10.3. The van der Waals surface area contributed by atoms with Gasteiger partial charge in [-0.3, -0.25) is 0 Å². The van der Waals surface area contributed by atoms with E-state index in [1.165, 1.54) is 93.8 Å². The summed E-state index contributed by atoms with van der Waals surface area (Å²) in [6.07, 6.45) is 0. The molecule has 79 heavy (non-hydrogen) atoms. The molecule has 15 rings (SSSR count). The highest BCUT2D eigenvalue weighted by atomic mass is 15.1. The third kappa shape index (κ3) is 7.48. The van der Waals surface area contributed by atoms with E-state index in [-0.39, 0.29) is 0 Å². The Morgan fingerprint density at radius 3 is 1.59 bits per heavy atom. The molecule has 0 atom stereocenters. The van der Waals surface area contributed by atoms with E-state index in [1.54, 1.807) is 0 Å². The van der Waals surface area contributed by atoms with Gasteiger partial charge in [0.05, 0.1) is 22.1 Å². The van der Waals surface area contributed by atoms with Crippen molar-refractivity contribution in [3.05, 3.63) is 338 Å². The zero-order chi connectivity index (χ0) is 52.3. The lowest BCUT2D eigenvalue weighted by atomic mass is 9.67. The molecule has 0 bridgehead atoms. The largest absolute Gasteiger partial charge is 0.310 e. The molecule has 0 N–H and O–H groups in total. The molecule has 0 saturated carbocycles. The Kier molecular flexibility index (Phi) is 11.1. The number of aromatic nitrogens is 1. The first-order valence-electron chi connectivity index (χ1n) is 27.3. The monoisotopic (exact) mass is 1000 g/mol. The first-order valence-corrected chi connectivity index (χ1v) is 27.3. The normalized spacial score (nSPS) is 12.4. The molecule has 2 heteroatoms. The average Bonchev–Trinajstić information content (AvgIpc) is 3.70. The Morgan fingerprint density at radius 1 is 0.291 bits per heavy atom. The van der Waals surface area contributed by atoms with E-state index in [2.05, 4.69) is 325 Å². The molecule has 1 aliphatic rings. The maximum absolute atomic E-state index is 2.47. The highest BCUT2D eigenvalue weighted by Crippen LogP contribution is 2.57. The maximum Gasteiger partial charge on any atom is 0.0713 e. The van der Waals surface area contributed by atoms with E-state index in [9.17, 15) is 0 Å². The first-order chi connectivity index (χ1) is 39.2. The van der Waals surface area contributed by atoms with Crippen molar-refractivity contribution in [3.8, 4) is 61.3 Å². The lowest BCUT2D eigenvalue weighted by molar-refractivity contribution is 0.769. The Morgan fingerprint density at radius 2 is 0.835 bits per heavy atom. The van der Waals surface area contributed by atoms with E-state index >= 15 is 0 Å². The van der Waals surface area contributed by atoms with Crippen LogP contribution in [0.1, 0.15) is 22.3 Å². The summed E-state index contributed by atoms with van der Waals surface area (Å²) in [6.45, 7) is 0. The molecule has 14 aromatic rings. The van der Waals surface area contributed by atoms with Gasteiger partial charge in [-0.15, -0.1) is 0 Å². The summed E-state index contributed by atoms with van der Waals surface area (Å²) in [6, 6.07) is 116. The molecule has 370 valence electrons. The van der Waals surface area contributed by atoms with Gasteiger partial charge in [0.25, 0.3) is 0 Å². The molecule has 2 nitrogen and oxygen atoms in total. The van der Waals surface area contributed by atoms with Crippen LogP contribution >= 0.6 is 0 Å². The van der Waals surface area contributed by atoms with Crippen molar-refractivity contribution in [2.24, 2.45) is 0 Å². The van der Waals surface area contributed by atoms with Gasteiger partial charge in [-0.2, -0.15) is 0 Å². The summed E-state index contributed by atoms with van der Waals surface area (Å²) in [7, 11) is 0. The smallest absolute Gasteiger partial charge is 0.0713 e. The van der Waals surface area contributed by atoms with Gasteiger partial charge in [-0.25, -0.2) is 0 Å². The summed E-state index contributed by atoms with van der Waals surface area (Å²) >= 11 is 0. The molecule has 1 aliphatic carbocycles. The van der Waals surface area contributed by atoms with Crippen molar-refractivity contribution < 1.29 is 0 Å². The predicted molar refractivity (Wildman–Crippen MR) is 332 cm³/mol. The summed E-state index contributed by atoms with van der Waals surface area (Å²) < 4.78 is 2.44. The number of para-hydroxylation sites is 4. The van der Waals surface area contributed by atoms with Crippen LogP contribution in [0.4, 0.5) is 17.1 Å². The summed E-state index contributed by atoms with van der Waals surface area (Å²) in [5.74, 6) is 0. The van der Waals surface area contributed by atoms with E-state index in [0.717, 1.165) is 39.4 Å². The second-order valence-corrected chi connectivity index (χ2v) is 20.7. The zero-order valence-corrected chi connectivity index (χ0v) is 43.4. The van der Waals surface area contributed by atoms with Crippen molar-refractivity contribution in [1.29, 1.82) is 0 Å². The lowest BCUT2D eigenvalue weighted by Gasteiger charge is -2.34. The number of anilines is 3. The Labute approximate surface area is 461 Å². The molecule has 1 heterocycles. The van der Waals surface area contributed by atoms with Crippen LogP contribution in [0.25, 0.3) is 93.9 Å². The molecule has 0 spiro atoms. The lowest BCUT2D eigenvalue weighted by Crippen LogP contribution is -2.28. The molecule has 1 aromatic heterocycles. The fraction of sp³-hybridized carbons (Fsp3) is 0.0130. The summed E-state index contributed by atoms with van der Waals surface area (Å²) in [5.41, 5.74) is 23.3. The van der Waals surface area contributed by atoms with Gasteiger partial charge in [0.2, 0.25) is 0 Å². The highest BCUT2D eigenvalue weighted by molar-refractivity contribution is 6.14. The topological polar surface area (TPSA) is 8.17 Å². The van der Waals surface area contributed by atoms with Gasteiger partial charge in [-0.1, -0.05) is 261 Å². The van der Waals surface area contributed by atoms with Crippen LogP contribution in [-0.2, 0) is 5.41 Å². The maximum atomic E-state index is 2.47. The standard InChI is InChI=1S/C77H52N2/c1-5-23-54(24-6-1)63-38-20-25-55-26-21-40-69(75(55)63)67-36-14-17-43-73(67)78(62-34-19-27-57(51-62)64-39-22-41-70-68-37-15-18-44-74(68)79(76(64)70)60-32-11-4-12-33-60)61-48-45-53(46-49-61)56-47-50-66-65-35-13-16-42-71(65)77(72(66)52-56,58-28-7-2-8-29-58)59-30-9-3-10-31-59/h1-52H. The van der Waals surface area contributed by atoms with E-state index in [1.807, 2.05) is 0 Å². The molecule has 0 unspecified atom stereocenters. The van der Waals surface area contributed by atoms with Crippen molar-refractivity contribution in [2.75, 3.05) is 4.90 Å². The van der Waals surface area contributed by atoms with Crippen LogP contribution in [0.2, 0.25) is 0 Å². The third-order valence-corrected chi connectivity index (χ3v) is 16.5. The van der Waals surface area contributed by atoms with Gasteiger partial charge < -0.3 is 9.47 Å². The molecule has 0 fully saturated rings. The Balaban J connectivity index is 0.923. The number of nitrogens with zero attached hydrogens (tertiary/aromatic N) is 2. The second kappa shape index (κ2) is 19.1. The zero-order valence-electron chi connectivity index (χ0n) is 43.4. The number of fused-ring (bicyclic) bond motifs is 7. The number of hydrogen-bond donors (Lipinski definition) is 0. The number of benzene rings is 13. The summed E-state index contributed by atoms with van der Waals surface area (Å²) in [5, 5.41) is 4.90. The first kappa shape index (κ1) is 46.1. The van der Waals surface area contributed by atoms with Gasteiger partial charge >= 0.3 is 0 Å². The minimum Gasteiger partial charge on any atom is -0.310 e. The number of rotatable bonds is 10. The fourth-order valence-corrected chi connectivity index (χ4v) is 13.1. The molecular formula is C77H52N2. The van der Waals surface area contributed by atoms with Gasteiger partial charge in [0.1, 0.15) is 0 Å². The van der Waals surface area contributed by atoms with Crippen LogP contribution in [0.15, 0.2) is 315 Å². The predicted octanol–water partition coefficient (Wildman–Crippen LogP) is 20.4. The minimum atomic E-state index is -0.488. The highest BCUT2D eigenvalue weighted by Gasteiger charge is 2.46. The van der Waals surface area contributed by atoms with Crippen molar-refractivity contribution in [1.82, 2.24) is 4.57 Å². The molecule has 0 aliphatic heterocycles. The fourth-order valence-electron chi connectivity index (χ4n) is 13.1. The van der Waals surface area contributed by atoms with Crippen LogP contribution in [-0.4, -0.2) is 4.57 Å². The van der Waals surface area contributed by atoms with Crippen LogP contribution in [0, 0.1) is 0 Å². The SMILES string of the molecule is c1ccc(-c2cccc3cccc(-c4ccccc4N(c4ccc(-c5ccc6c(c5)C(c5ccccc5)(c5ccccc5)c5ccccc5-6)cc4)c4cccc(-c5cccc6c7ccccc7n(-c7ccccc7)c56)c4)c23)cc1. The van der Waals surface area contributed by atoms with Gasteiger partial charge in [0, 0.05) is 39.0 Å². The Bertz CT molecular complexity index is 4530. The molecule has 0 saturated heterocycles. The van der Waals surface area contributed by atoms with E-state index in [0.29, 0.717) is 0 Å². The van der Waals surface area contributed by atoms with Gasteiger partial charge in [-0.05, 0) is 132 Å². The van der Waals surface area contributed by atoms with Crippen molar-refractivity contribution in [3.63, 3.8) is 0 Å². The molecule has 0 amide bonds.